The van der Waals surface area contributed by atoms with Gasteiger partial charge in [0.25, 0.3) is 0 Å². The molecule has 0 aliphatic heterocycles. The van der Waals surface area contributed by atoms with E-state index in [0.717, 1.165) is 22.0 Å². The summed E-state index contributed by atoms with van der Waals surface area (Å²) in [5.74, 6) is 0.546. The van der Waals surface area contributed by atoms with Gasteiger partial charge in [0.2, 0.25) is 0 Å². The van der Waals surface area contributed by atoms with E-state index >= 15 is 0 Å². The molecular weight excluding hydrogens is 262 g/mol. The highest BCUT2D eigenvalue weighted by atomic mass is 32.1. The largest absolute Gasteiger partial charge is 0.494 e. The summed E-state index contributed by atoms with van der Waals surface area (Å²) in [5, 5.41) is 2.75. The fourth-order valence-electron chi connectivity index (χ4n) is 1.63. The van der Waals surface area contributed by atoms with Gasteiger partial charge >= 0.3 is 5.97 Å². The molecule has 0 atom stereocenters. The maximum Gasteiger partial charge on any atom is 0.311 e. The van der Waals surface area contributed by atoms with Crippen LogP contribution in [-0.4, -0.2) is 24.7 Å². The highest BCUT2D eigenvalue weighted by Gasteiger charge is 2.09. The molecule has 0 N–H and O–H groups in total. The number of methoxy groups -OCH3 is 1. The average molecular weight is 277 g/mol. The van der Waals surface area contributed by atoms with Crippen LogP contribution in [-0.2, 0) is 16.0 Å². The summed E-state index contributed by atoms with van der Waals surface area (Å²) in [6.45, 7) is 2.58. The Hall–Kier alpha value is -1.88. The number of carbonyl (C=O) groups is 1. The van der Waals surface area contributed by atoms with Crippen LogP contribution in [0.2, 0.25) is 0 Å². The van der Waals surface area contributed by atoms with Gasteiger partial charge < -0.3 is 9.47 Å². The first-order chi connectivity index (χ1) is 9.22. The minimum absolute atomic E-state index is 0.206. The molecule has 0 saturated heterocycles. The fourth-order valence-corrected chi connectivity index (χ4v) is 2.44. The van der Waals surface area contributed by atoms with Gasteiger partial charge in [0.15, 0.2) is 0 Å². The van der Waals surface area contributed by atoms with Crippen LogP contribution in [0.15, 0.2) is 29.6 Å². The highest BCUT2D eigenvalue weighted by molar-refractivity contribution is 7.13. The zero-order chi connectivity index (χ0) is 13.7. The molecule has 100 valence electrons. The van der Waals surface area contributed by atoms with E-state index in [1.165, 1.54) is 18.4 Å². The van der Waals surface area contributed by atoms with Crippen molar-refractivity contribution in [1.29, 1.82) is 0 Å². The quantitative estimate of drug-likeness (QED) is 0.788. The first-order valence-corrected chi connectivity index (χ1v) is 6.85. The molecule has 0 fully saturated rings. The summed E-state index contributed by atoms with van der Waals surface area (Å²) < 4.78 is 10.1. The molecule has 1 heterocycles. The molecule has 0 radical (unpaired) electrons. The van der Waals surface area contributed by atoms with Gasteiger partial charge in [-0.15, -0.1) is 11.3 Å². The number of hydrogen-bond acceptors (Lipinski definition) is 5. The molecule has 5 heteroatoms. The lowest BCUT2D eigenvalue weighted by molar-refractivity contribution is -0.139. The van der Waals surface area contributed by atoms with E-state index in [2.05, 4.69) is 9.72 Å². The third-order valence-corrected chi connectivity index (χ3v) is 3.44. The molecule has 0 spiro atoms. The first kappa shape index (κ1) is 13.5. The number of carbonyl (C=O) groups excluding carboxylic acids is 1. The summed E-state index contributed by atoms with van der Waals surface area (Å²) in [6, 6.07) is 7.77. The SMILES string of the molecule is CCOc1cccc(-c2nc(CC(=O)OC)cs2)c1. The molecule has 0 aliphatic carbocycles. The maximum atomic E-state index is 11.2. The lowest BCUT2D eigenvalue weighted by Gasteiger charge is -2.03. The molecule has 0 bridgehead atoms. The number of esters is 1. The average Bonchev–Trinajstić information content (AvgIpc) is 2.88. The molecule has 0 aliphatic rings. The maximum absolute atomic E-state index is 11.2. The van der Waals surface area contributed by atoms with E-state index in [9.17, 15) is 4.79 Å². The van der Waals surface area contributed by atoms with Crippen molar-refractivity contribution in [3.63, 3.8) is 0 Å². The Balaban J connectivity index is 2.17. The minimum atomic E-state index is -0.278. The van der Waals surface area contributed by atoms with Crippen molar-refractivity contribution in [2.45, 2.75) is 13.3 Å². The second kappa shape index (κ2) is 6.33. The van der Waals surface area contributed by atoms with E-state index in [4.69, 9.17) is 4.74 Å². The smallest absolute Gasteiger partial charge is 0.311 e. The van der Waals surface area contributed by atoms with Crippen molar-refractivity contribution in [3.05, 3.63) is 35.3 Å². The zero-order valence-corrected chi connectivity index (χ0v) is 11.7. The summed E-state index contributed by atoms with van der Waals surface area (Å²) in [4.78, 5) is 15.6. The second-order valence-electron chi connectivity index (χ2n) is 3.86. The lowest BCUT2D eigenvalue weighted by Crippen LogP contribution is -2.04. The highest BCUT2D eigenvalue weighted by Crippen LogP contribution is 2.27. The summed E-state index contributed by atoms with van der Waals surface area (Å²) >= 11 is 1.51. The van der Waals surface area contributed by atoms with Crippen LogP contribution in [0.25, 0.3) is 10.6 Å². The van der Waals surface area contributed by atoms with Gasteiger partial charge in [0.1, 0.15) is 10.8 Å². The Kier molecular flexibility index (Phi) is 4.52. The second-order valence-corrected chi connectivity index (χ2v) is 4.72. The molecule has 1 aromatic heterocycles. The van der Waals surface area contributed by atoms with E-state index < -0.39 is 0 Å². The molecule has 0 saturated carbocycles. The van der Waals surface area contributed by atoms with E-state index in [1.807, 2.05) is 36.6 Å². The van der Waals surface area contributed by atoms with Crippen LogP contribution in [0.1, 0.15) is 12.6 Å². The molecular formula is C14H15NO3S. The fraction of sp³-hybridized carbons (Fsp3) is 0.286. The standard InChI is InChI=1S/C14H15NO3S/c1-3-18-12-6-4-5-10(7-12)14-15-11(9-19-14)8-13(16)17-2/h4-7,9H,3,8H2,1-2H3. The third kappa shape index (κ3) is 3.54. The summed E-state index contributed by atoms with van der Waals surface area (Å²) in [5.41, 5.74) is 1.72. The Morgan fingerprint density at radius 3 is 3.00 bits per heavy atom. The Labute approximate surface area is 116 Å². The Bertz CT molecular complexity index is 565. The summed E-state index contributed by atoms with van der Waals surface area (Å²) in [7, 11) is 1.38. The van der Waals surface area contributed by atoms with Crippen LogP contribution in [0, 0.1) is 0 Å². The van der Waals surface area contributed by atoms with Crippen LogP contribution in [0.5, 0.6) is 5.75 Å². The first-order valence-electron chi connectivity index (χ1n) is 5.97. The number of rotatable bonds is 5. The van der Waals surface area contributed by atoms with Crippen molar-refractivity contribution in [1.82, 2.24) is 4.98 Å². The molecule has 2 aromatic rings. The van der Waals surface area contributed by atoms with Crippen LogP contribution in [0.3, 0.4) is 0 Å². The number of hydrogen-bond donors (Lipinski definition) is 0. The third-order valence-electron chi connectivity index (χ3n) is 2.50. The predicted molar refractivity (Wildman–Crippen MR) is 74.4 cm³/mol. The number of aromatic nitrogens is 1. The molecule has 0 amide bonds. The van der Waals surface area contributed by atoms with Crippen molar-refractivity contribution in [2.75, 3.05) is 13.7 Å². The van der Waals surface area contributed by atoms with Gasteiger partial charge in [-0.05, 0) is 19.1 Å². The molecule has 1 aromatic carbocycles. The van der Waals surface area contributed by atoms with Gasteiger partial charge in [0.05, 0.1) is 25.8 Å². The van der Waals surface area contributed by atoms with Crippen molar-refractivity contribution in [2.24, 2.45) is 0 Å². The van der Waals surface area contributed by atoms with Gasteiger partial charge in [-0.2, -0.15) is 0 Å². The Morgan fingerprint density at radius 1 is 1.42 bits per heavy atom. The van der Waals surface area contributed by atoms with Crippen molar-refractivity contribution >= 4 is 17.3 Å². The van der Waals surface area contributed by atoms with Crippen molar-refractivity contribution < 1.29 is 14.3 Å². The van der Waals surface area contributed by atoms with Crippen LogP contribution >= 0.6 is 11.3 Å². The van der Waals surface area contributed by atoms with E-state index in [0.29, 0.717) is 6.61 Å². The summed E-state index contributed by atoms with van der Waals surface area (Å²) in [6.07, 6.45) is 0.206. The van der Waals surface area contributed by atoms with E-state index in [-0.39, 0.29) is 12.4 Å². The lowest BCUT2D eigenvalue weighted by atomic mass is 10.2. The molecule has 0 unspecified atom stereocenters. The number of nitrogens with zero attached hydrogens (tertiary/aromatic N) is 1. The predicted octanol–water partition coefficient (Wildman–Crippen LogP) is 2.92. The normalized spacial score (nSPS) is 10.2. The minimum Gasteiger partial charge on any atom is -0.494 e. The van der Waals surface area contributed by atoms with Crippen LogP contribution < -0.4 is 4.74 Å². The number of benzene rings is 1. The molecule has 4 nitrogen and oxygen atoms in total. The van der Waals surface area contributed by atoms with E-state index in [1.54, 1.807) is 0 Å². The van der Waals surface area contributed by atoms with Gasteiger partial charge in [-0.25, -0.2) is 4.98 Å². The monoisotopic (exact) mass is 277 g/mol. The van der Waals surface area contributed by atoms with Crippen molar-refractivity contribution in [3.8, 4) is 16.3 Å². The van der Waals surface area contributed by atoms with Gasteiger partial charge in [-0.3, -0.25) is 4.79 Å². The molecule has 2 rings (SSSR count). The molecule has 19 heavy (non-hydrogen) atoms. The topological polar surface area (TPSA) is 48.4 Å². The zero-order valence-electron chi connectivity index (χ0n) is 10.9. The van der Waals surface area contributed by atoms with Crippen LogP contribution in [0.4, 0.5) is 0 Å². The Morgan fingerprint density at radius 2 is 2.26 bits per heavy atom. The number of ether oxygens (including phenoxy) is 2. The number of thiazole rings is 1. The van der Waals surface area contributed by atoms with Gasteiger partial charge in [-0.1, -0.05) is 12.1 Å². The van der Waals surface area contributed by atoms with Gasteiger partial charge in [0, 0.05) is 10.9 Å².